The van der Waals surface area contributed by atoms with Gasteiger partial charge in [0.1, 0.15) is 5.01 Å². The maximum Gasteiger partial charge on any atom is 0.110 e. The van der Waals surface area contributed by atoms with E-state index in [9.17, 15) is 0 Å². The Hall–Kier alpha value is -0.450. The lowest BCUT2D eigenvalue weighted by Crippen LogP contribution is -2.35. The van der Waals surface area contributed by atoms with Gasteiger partial charge in [0, 0.05) is 30.4 Å². The molecule has 1 unspecified atom stereocenters. The summed E-state index contributed by atoms with van der Waals surface area (Å²) in [6.07, 6.45) is 5.07. The number of hydrogen-bond donors (Lipinski definition) is 1. The fraction of sp³-hybridized carbons (Fsp3) is 0.786. The maximum atomic E-state index is 4.90. The number of aromatic nitrogens is 1. The number of thiazole rings is 1. The van der Waals surface area contributed by atoms with Crippen molar-refractivity contribution in [3.05, 3.63) is 15.6 Å². The Labute approximate surface area is 114 Å². The van der Waals surface area contributed by atoms with Gasteiger partial charge in [-0.25, -0.2) is 4.98 Å². The van der Waals surface area contributed by atoms with Crippen molar-refractivity contribution in [3.63, 3.8) is 0 Å². The molecule has 0 spiro atoms. The van der Waals surface area contributed by atoms with E-state index in [1.54, 1.807) is 0 Å². The van der Waals surface area contributed by atoms with Gasteiger partial charge in [-0.15, -0.1) is 11.3 Å². The zero-order chi connectivity index (χ0) is 12.5. The van der Waals surface area contributed by atoms with Crippen LogP contribution >= 0.6 is 11.3 Å². The highest BCUT2D eigenvalue weighted by atomic mass is 32.1. The number of rotatable bonds is 2. The molecule has 2 aliphatic heterocycles. The third kappa shape index (κ3) is 2.46. The van der Waals surface area contributed by atoms with Crippen LogP contribution in [0.15, 0.2) is 0 Å². The van der Waals surface area contributed by atoms with Gasteiger partial charge in [-0.3, -0.25) is 4.90 Å². The summed E-state index contributed by atoms with van der Waals surface area (Å²) < 4.78 is 0. The molecule has 1 aromatic heterocycles. The van der Waals surface area contributed by atoms with E-state index in [-0.39, 0.29) is 0 Å². The Bertz CT molecular complexity index is 407. The Morgan fingerprint density at radius 2 is 2.28 bits per heavy atom. The van der Waals surface area contributed by atoms with E-state index in [1.165, 1.54) is 41.4 Å². The van der Waals surface area contributed by atoms with Crippen LogP contribution in [0.2, 0.25) is 0 Å². The number of fused-ring (bicyclic) bond motifs is 1. The van der Waals surface area contributed by atoms with Crippen LogP contribution in [0, 0.1) is 0 Å². The molecular formula is C14H23N3S. The van der Waals surface area contributed by atoms with Crippen molar-refractivity contribution >= 4 is 11.3 Å². The molecule has 1 aromatic rings. The van der Waals surface area contributed by atoms with Crippen LogP contribution < -0.4 is 5.32 Å². The van der Waals surface area contributed by atoms with E-state index >= 15 is 0 Å². The Morgan fingerprint density at radius 3 is 3.00 bits per heavy atom. The van der Waals surface area contributed by atoms with Crippen molar-refractivity contribution in [1.82, 2.24) is 15.2 Å². The van der Waals surface area contributed by atoms with Gasteiger partial charge in [-0.05, 0) is 33.2 Å². The molecule has 100 valence electrons. The van der Waals surface area contributed by atoms with Gasteiger partial charge in [0.25, 0.3) is 0 Å². The lowest BCUT2D eigenvalue weighted by molar-refractivity contribution is 0.205. The minimum absolute atomic E-state index is 0.529. The molecule has 0 amide bonds. The first-order chi connectivity index (χ1) is 8.74. The minimum Gasteiger partial charge on any atom is -0.308 e. The first-order valence-electron chi connectivity index (χ1n) is 7.20. The van der Waals surface area contributed by atoms with Crippen molar-refractivity contribution in [1.29, 1.82) is 0 Å². The number of nitrogens with one attached hydrogen (secondary N) is 1. The lowest BCUT2D eigenvalue weighted by atomic mass is 10.1. The fourth-order valence-corrected chi connectivity index (χ4v) is 4.14. The largest absolute Gasteiger partial charge is 0.308 e. The summed E-state index contributed by atoms with van der Waals surface area (Å²) in [5.41, 5.74) is 1.37. The van der Waals surface area contributed by atoms with E-state index in [1.807, 2.05) is 11.3 Å². The number of piperidine rings is 1. The highest BCUT2D eigenvalue weighted by molar-refractivity contribution is 7.11. The van der Waals surface area contributed by atoms with E-state index in [2.05, 4.69) is 24.1 Å². The van der Waals surface area contributed by atoms with Crippen molar-refractivity contribution in [2.75, 3.05) is 13.1 Å². The summed E-state index contributed by atoms with van der Waals surface area (Å²) in [5.74, 6) is 0. The molecule has 2 aliphatic rings. The number of hydrogen-bond acceptors (Lipinski definition) is 4. The smallest absolute Gasteiger partial charge is 0.110 e. The summed E-state index contributed by atoms with van der Waals surface area (Å²) in [6, 6.07) is 1.18. The van der Waals surface area contributed by atoms with E-state index < -0.39 is 0 Å². The Kier molecular flexibility index (Phi) is 3.68. The zero-order valence-corrected chi connectivity index (χ0v) is 12.2. The SMILES string of the molecule is CC(C)N1CCc2nc(C3CCCCN3)sc2C1. The topological polar surface area (TPSA) is 28.2 Å². The van der Waals surface area contributed by atoms with Gasteiger partial charge in [-0.1, -0.05) is 6.42 Å². The first kappa shape index (κ1) is 12.6. The van der Waals surface area contributed by atoms with Crippen LogP contribution in [0.1, 0.15) is 54.7 Å². The van der Waals surface area contributed by atoms with Crippen LogP contribution in [-0.4, -0.2) is 29.0 Å². The van der Waals surface area contributed by atoms with Crippen molar-refractivity contribution in [2.45, 2.75) is 58.2 Å². The van der Waals surface area contributed by atoms with Crippen molar-refractivity contribution in [2.24, 2.45) is 0 Å². The van der Waals surface area contributed by atoms with Crippen LogP contribution in [0.4, 0.5) is 0 Å². The lowest BCUT2D eigenvalue weighted by Gasteiger charge is -2.29. The summed E-state index contributed by atoms with van der Waals surface area (Å²) >= 11 is 1.95. The second-order valence-electron chi connectivity index (χ2n) is 5.74. The summed E-state index contributed by atoms with van der Waals surface area (Å²) in [6.45, 7) is 8.02. The Morgan fingerprint density at radius 1 is 1.39 bits per heavy atom. The second-order valence-corrected chi connectivity index (χ2v) is 6.85. The Balaban J connectivity index is 1.76. The number of nitrogens with zero attached hydrogens (tertiary/aromatic N) is 2. The molecule has 0 aliphatic carbocycles. The predicted octanol–water partition coefficient (Wildman–Crippen LogP) is 2.72. The second kappa shape index (κ2) is 5.27. The summed E-state index contributed by atoms with van der Waals surface area (Å²) in [7, 11) is 0. The first-order valence-corrected chi connectivity index (χ1v) is 8.01. The van der Waals surface area contributed by atoms with E-state index in [4.69, 9.17) is 4.98 Å². The molecule has 0 saturated carbocycles. The molecule has 0 radical (unpaired) electrons. The van der Waals surface area contributed by atoms with E-state index in [0.717, 1.165) is 19.5 Å². The van der Waals surface area contributed by atoms with Crippen LogP contribution in [0.3, 0.4) is 0 Å². The molecule has 3 nitrogen and oxygen atoms in total. The van der Waals surface area contributed by atoms with Gasteiger partial charge in [0.2, 0.25) is 0 Å². The zero-order valence-electron chi connectivity index (χ0n) is 11.4. The average molecular weight is 265 g/mol. The molecule has 1 N–H and O–H groups in total. The normalized spacial score (nSPS) is 25.4. The monoisotopic (exact) mass is 265 g/mol. The van der Waals surface area contributed by atoms with E-state index in [0.29, 0.717) is 12.1 Å². The highest BCUT2D eigenvalue weighted by Gasteiger charge is 2.25. The molecule has 18 heavy (non-hydrogen) atoms. The molecule has 4 heteroatoms. The summed E-state index contributed by atoms with van der Waals surface area (Å²) in [5, 5.41) is 4.95. The van der Waals surface area contributed by atoms with Gasteiger partial charge >= 0.3 is 0 Å². The average Bonchev–Trinajstić information content (AvgIpc) is 2.82. The molecule has 0 aromatic carbocycles. The van der Waals surface area contributed by atoms with Gasteiger partial charge in [0.05, 0.1) is 11.7 Å². The molecular weight excluding hydrogens is 242 g/mol. The van der Waals surface area contributed by atoms with Crippen LogP contribution in [0.25, 0.3) is 0 Å². The van der Waals surface area contributed by atoms with Crippen LogP contribution in [0.5, 0.6) is 0 Å². The highest BCUT2D eigenvalue weighted by Crippen LogP contribution is 2.32. The third-order valence-corrected chi connectivity index (χ3v) is 5.31. The van der Waals surface area contributed by atoms with Crippen LogP contribution in [-0.2, 0) is 13.0 Å². The molecule has 1 fully saturated rings. The summed E-state index contributed by atoms with van der Waals surface area (Å²) in [4.78, 5) is 8.96. The molecule has 1 saturated heterocycles. The standard InChI is InChI=1S/C14H23N3S/c1-10(2)17-8-6-11-13(9-17)18-14(16-11)12-5-3-4-7-15-12/h10,12,15H,3-9H2,1-2H3. The van der Waals surface area contributed by atoms with Gasteiger partial charge < -0.3 is 5.32 Å². The third-order valence-electron chi connectivity index (χ3n) is 4.12. The van der Waals surface area contributed by atoms with Gasteiger partial charge in [0.15, 0.2) is 0 Å². The molecule has 1 atom stereocenters. The van der Waals surface area contributed by atoms with Crippen molar-refractivity contribution in [3.8, 4) is 0 Å². The molecule has 0 bridgehead atoms. The molecule has 3 heterocycles. The quantitative estimate of drug-likeness (QED) is 0.891. The predicted molar refractivity (Wildman–Crippen MR) is 76.0 cm³/mol. The molecule has 3 rings (SSSR count). The van der Waals surface area contributed by atoms with Crippen molar-refractivity contribution < 1.29 is 0 Å². The fourth-order valence-electron chi connectivity index (χ4n) is 2.89. The van der Waals surface area contributed by atoms with Gasteiger partial charge in [-0.2, -0.15) is 0 Å². The minimum atomic E-state index is 0.529. The maximum absolute atomic E-state index is 4.90.